The molecule has 0 saturated carbocycles. The van der Waals surface area contributed by atoms with Crippen molar-refractivity contribution >= 4 is 39.1 Å². The first kappa shape index (κ1) is 17.9. The molecule has 3 rings (SSSR count). The number of nitrogens with one attached hydrogen (secondary N) is 1. The molecule has 0 saturated heterocycles. The maximum absolute atomic E-state index is 12.4. The quantitative estimate of drug-likeness (QED) is 0.620. The molecule has 0 aliphatic heterocycles. The van der Waals surface area contributed by atoms with Crippen molar-refractivity contribution in [2.24, 2.45) is 0 Å². The number of thiophene rings is 1. The van der Waals surface area contributed by atoms with Crippen LogP contribution in [0, 0.1) is 6.92 Å². The summed E-state index contributed by atoms with van der Waals surface area (Å²) < 4.78 is 0. The van der Waals surface area contributed by atoms with Crippen LogP contribution in [0.25, 0.3) is 10.2 Å². The third kappa shape index (κ3) is 4.00. The van der Waals surface area contributed by atoms with Crippen LogP contribution in [0.4, 0.5) is 5.69 Å². The van der Waals surface area contributed by atoms with E-state index in [4.69, 9.17) is 10.8 Å². The summed E-state index contributed by atoms with van der Waals surface area (Å²) in [5, 5.41) is 12.5. The zero-order chi connectivity index (χ0) is 18.7. The first-order chi connectivity index (χ1) is 12.4. The third-order valence-corrected chi connectivity index (χ3v) is 5.10. The number of pyridine rings is 1. The summed E-state index contributed by atoms with van der Waals surface area (Å²) in [7, 11) is 0. The van der Waals surface area contributed by atoms with Crippen LogP contribution < -0.4 is 11.1 Å². The normalized spacial score (nSPS) is 10.8. The van der Waals surface area contributed by atoms with E-state index in [9.17, 15) is 9.59 Å². The number of amides is 1. The number of benzene rings is 1. The molecule has 7 heteroatoms. The number of nitrogens with two attached hydrogens (primary N) is 1. The van der Waals surface area contributed by atoms with Gasteiger partial charge in [-0.25, -0.2) is 4.98 Å². The fourth-order valence-electron chi connectivity index (χ4n) is 2.73. The van der Waals surface area contributed by atoms with Crippen molar-refractivity contribution in [3.05, 3.63) is 58.1 Å². The Morgan fingerprint density at radius 2 is 2.00 bits per heavy atom. The molecule has 26 heavy (non-hydrogen) atoms. The molecule has 0 radical (unpaired) electrons. The Morgan fingerprint density at radius 1 is 1.23 bits per heavy atom. The Balaban J connectivity index is 1.64. The lowest BCUT2D eigenvalue weighted by atomic mass is 10.1. The van der Waals surface area contributed by atoms with E-state index in [1.165, 1.54) is 11.3 Å². The predicted octanol–water partition coefficient (Wildman–Crippen LogP) is 2.79. The molecule has 134 valence electrons. The second-order valence-corrected chi connectivity index (χ2v) is 7.05. The second kappa shape index (κ2) is 7.53. The summed E-state index contributed by atoms with van der Waals surface area (Å²) in [4.78, 5) is 28.9. The lowest BCUT2D eigenvalue weighted by Crippen LogP contribution is -2.25. The molecule has 1 aromatic carbocycles. The van der Waals surface area contributed by atoms with E-state index in [1.807, 2.05) is 37.3 Å². The van der Waals surface area contributed by atoms with Crippen LogP contribution in [0.15, 0.2) is 36.4 Å². The number of hydrogen-bond acceptors (Lipinski definition) is 5. The van der Waals surface area contributed by atoms with Crippen LogP contribution in [-0.4, -0.2) is 28.5 Å². The zero-order valence-electron chi connectivity index (χ0n) is 14.3. The van der Waals surface area contributed by atoms with Gasteiger partial charge in [-0.15, -0.1) is 11.3 Å². The highest BCUT2D eigenvalue weighted by molar-refractivity contribution is 7.21. The lowest BCUT2D eigenvalue weighted by molar-refractivity contribution is -0.136. The van der Waals surface area contributed by atoms with Crippen molar-refractivity contribution < 1.29 is 14.7 Å². The van der Waals surface area contributed by atoms with E-state index in [2.05, 4.69) is 10.3 Å². The van der Waals surface area contributed by atoms with Gasteiger partial charge in [-0.3, -0.25) is 9.59 Å². The van der Waals surface area contributed by atoms with E-state index in [-0.39, 0.29) is 12.3 Å². The number of carbonyl (C=O) groups excluding carboxylic acids is 1. The molecule has 0 unspecified atom stereocenters. The van der Waals surface area contributed by atoms with Crippen LogP contribution in [0.3, 0.4) is 0 Å². The Morgan fingerprint density at radius 3 is 2.77 bits per heavy atom. The minimum atomic E-state index is -0.862. The van der Waals surface area contributed by atoms with Crippen molar-refractivity contribution in [1.82, 2.24) is 10.3 Å². The number of nitrogens with zero attached hydrogens (tertiary/aromatic N) is 1. The van der Waals surface area contributed by atoms with Gasteiger partial charge >= 0.3 is 5.97 Å². The SMILES string of the molecule is Cc1ccc2c(N)c(C(=O)NCCc3cccc(CC(=O)O)c3)sc2n1. The van der Waals surface area contributed by atoms with Crippen molar-refractivity contribution in [2.75, 3.05) is 12.3 Å². The second-order valence-electron chi connectivity index (χ2n) is 6.05. The maximum Gasteiger partial charge on any atom is 0.307 e. The number of hydrogen-bond donors (Lipinski definition) is 3. The Bertz CT molecular complexity index is 981. The van der Waals surface area contributed by atoms with Gasteiger partial charge in [0.2, 0.25) is 0 Å². The average Bonchev–Trinajstić information content (AvgIpc) is 2.90. The molecule has 0 spiro atoms. The fraction of sp³-hybridized carbons (Fsp3) is 0.211. The minimum absolute atomic E-state index is 0.00899. The van der Waals surface area contributed by atoms with Crippen molar-refractivity contribution in [1.29, 1.82) is 0 Å². The molecule has 3 aromatic rings. The van der Waals surface area contributed by atoms with Crippen LogP contribution in [0.2, 0.25) is 0 Å². The van der Waals surface area contributed by atoms with Crippen LogP contribution in [-0.2, 0) is 17.6 Å². The molecule has 2 aromatic heterocycles. The van der Waals surface area contributed by atoms with E-state index in [1.54, 1.807) is 6.07 Å². The Kier molecular flexibility index (Phi) is 5.18. The summed E-state index contributed by atoms with van der Waals surface area (Å²) >= 11 is 1.29. The number of fused-ring (bicyclic) bond motifs is 1. The summed E-state index contributed by atoms with van der Waals surface area (Å²) in [6.07, 6.45) is 0.603. The molecule has 6 nitrogen and oxygen atoms in total. The number of aromatic nitrogens is 1. The molecule has 1 amide bonds. The number of carboxylic acid groups (broad SMARTS) is 1. The Labute approximate surface area is 154 Å². The number of carboxylic acids is 1. The number of anilines is 1. The highest BCUT2D eigenvalue weighted by Gasteiger charge is 2.16. The van der Waals surface area contributed by atoms with Gasteiger partial charge in [0.1, 0.15) is 9.71 Å². The lowest BCUT2D eigenvalue weighted by Gasteiger charge is -2.06. The third-order valence-electron chi connectivity index (χ3n) is 3.99. The number of aliphatic carboxylic acids is 1. The number of nitrogen functional groups attached to an aromatic ring is 1. The summed E-state index contributed by atoms with van der Waals surface area (Å²) in [5.74, 6) is -1.08. The highest BCUT2D eigenvalue weighted by Crippen LogP contribution is 2.32. The molecule has 0 aliphatic rings. The van der Waals surface area contributed by atoms with Gasteiger partial charge in [-0.2, -0.15) is 0 Å². The number of carbonyl (C=O) groups is 2. The zero-order valence-corrected chi connectivity index (χ0v) is 15.1. The van der Waals surface area contributed by atoms with Gasteiger partial charge in [0, 0.05) is 17.6 Å². The van der Waals surface area contributed by atoms with Crippen molar-refractivity contribution in [3.63, 3.8) is 0 Å². The molecule has 0 fully saturated rings. The molecule has 0 atom stereocenters. The fourth-order valence-corrected chi connectivity index (χ4v) is 3.78. The molecular weight excluding hydrogens is 350 g/mol. The predicted molar refractivity (Wildman–Crippen MR) is 103 cm³/mol. The molecule has 4 N–H and O–H groups in total. The van der Waals surface area contributed by atoms with Crippen LogP contribution in [0.1, 0.15) is 26.5 Å². The van der Waals surface area contributed by atoms with Gasteiger partial charge in [0.05, 0.1) is 12.1 Å². The van der Waals surface area contributed by atoms with E-state index >= 15 is 0 Å². The van der Waals surface area contributed by atoms with Gasteiger partial charge in [-0.05, 0) is 36.6 Å². The van der Waals surface area contributed by atoms with Gasteiger partial charge in [0.15, 0.2) is 0 Å². The minimum Gasteiger partial charge on any atom is -0.481 e. The molecule has 0 bridgehead atoms. The van der Waals surface area contributed by atoms with E-state index < -0.39 is 5.97 Å². The molecule has 0 aliphatic carbocycles. The Hall–Kier alpha value is -2.93. The molecule has 2 heterocycles. The summed E-state index contributed by atoms with van der Waals surface area (Å²) in [5.41, 5.74) is 9.16. The van der Waals surface area contributed by atoms with Gasteiger partial charge < -0.3 is 16.2 Å². The number of aryl methyl sites for hydroxylation is 1. The topological polar surface area (TPSA) is 105 Å². The highest BCUT2D eigenvalue weighted by atomic mass is 32.1. The monoisotopic (exact) mass is 369 g/mol. The van der Waals surface area contributed by atoms with Crippen molar-refractivity contribution in [3.8, 4) is 0 Å². The summed E-state index contributed by atoms with van der Waals surface area (Å²) in [6.45, 7) is 2.34. The maximum atomic E-state index is 12.4. The van der Waals surface area contributed by atoms with E-state index in [0.29, 0.717) is 23.5 Å². The molecular formula is C19H19N3O3S. The first-order valence-electron chi connectivity index (χ1n) is 8.17. The van der Waals surface area contributed by atoms with Gasteiger partial charge in [0.25, 0.3) is 5.91 Å². The van der Waals surface area contributed by atoms with Crippen LogP contribution in [0.5, 0.6) is 0 Å². The summed E-state index contributed by atoms with van der Waals surface area (Å²) in [6, 6.07) is 11.1. The number of rotatable bonds is 6. The largest absolute Gasteiger partial charge is 0.481 e. The van der Waals surface area contributed by atoms with Gasteiger partial charge in [-0.1, -0.05) is 24.3 Å². The average molecular weight is 369 g/mol. The smallest absolute Gasteiger partial charge is 0.307 e. The standard InChI is InChI=1S/C19H19N3O3S/c1-11-5-6-14-16(20)17(26-19(14)22-11)18(25)21-8-7-12-3-2-4-13(9-12)10-15(23)24/h2-6,9H,7-8,10,20H2,1H3,(H,21,25)(H,23,24). The van der Waals surface area contributed by atoms with E-state index in [0.717, 1.165) is 27.0 Å². The van der Waals surface area contributed by atoms with Crippen molar-refractivity contribution in [2.45, 2.75) is 19.8 Å². The van der Waals surface area contributed by atoms with Crippen LogP contribution >= 0.6 is 11.3 Å². The first-order valence-corrected chi connectivity index (χ1v) is 8.99.